The number of hydrogen-bond donors (Lipinski definition) is 1. The van der Waals surface area contributed by atoms with Crippen LogP contribution in [0.3, 0.4) is 0 Å². The summed E-state index contributed by atoms with van der Waals surface area (Å²) in [7, 11) is 1.73. The Hall–Kier alpha value is -2.12. The van der Waals surface area contributed by atoms with Crippen molar-refractivity contribution in [2.45, 2.75) is 32.4 Å². The molecule has 2 aromatic carbocycles. The highest BCUT2D eigenvalue weighted by Crippen LogP contribution is 2.31. The summed E-state index contributed by atoms with van der Waals surface area (Å²) in [6, 6.07) is 15.5. The van der Waals surface area contributed by atoms with Crippen molar-refractivity contribution >= 4 is 17.5 Å². The Morgan fingerprint density at radius 3 is 2.30 bits per heavy atom. The second kappa shape index (κ2) is 12.4. The standard InChI is InChI=1S/C26H37ClN4O2/c1-4-29(5-2)19-24(22-8-6-7-9-25(22)33-3)30-14-16-31(17-15-30)26(32)23(28)18-20-10-12-21(27)13-11-20/h6-13,23-24H,4-5,14-19,28H2,1-3H3/t23-,24?/m1/s1. The molecule has 0 saturated carbocycles. The zero-order valence-corrected chi connectivity index (χ0v) is 20.8. The average Bonchev–Trinajstić information content (AvgIpc) is 2.86. The topological polar surface area (TPSA) is 62.0 Å². The number of methoxy groups -OCH3 is 1. The van der Waals surface area contributed by atoms with Gasteiger partial charge in [-0.05, 0) is 43.3 Å². The summed E-state index contributed by atoms with van der Waals surface area (Å²) in [6.45, 7) is 10.3. The number of para-hydroxylation sites is 1. The van der Waals surface area contributed by atoms with Crippen LogP contribution >= 0.6 is 11.6 Å². The van der Waals surface area contributed by atoms with Crippen LogP contribution in [0.4, 0.5) is 0 Å². The zero-order chi connectivity index (χ0) is 23.8. The van der Waals surface area contributed by atoms with E-state index in [-0.39, 0.29) is 11.9 Å². The Labute approximate surface area is 203 Å². The molecule has 2 aromatic rings. The van der Waals surface area contributed by atoms with Gasteiger partial charge in [-0.15, -0.1) is 0 Å². The largest absolute Gasteiger partial charge is 0.496 e. The highest BCUT2D eigenvalue weighted by atomic mass is 35.5. The van der Waals surface area contributed by atoms with Crippen LogP contribution in [-0.2, 0) is 11.2 Å². The number of nitrogens with zero attached hydrogens (tertiary/aromatic N) is 3. The van der Waals surface area contributed by atoms with Crippen LogP contribution in [0.2, 0.25) is 5.02 Å². The number of carbonyl (C=O) groups excluding carboxylic acids is 1. The normalized spacial score (nSPS) is 16.6. The van der Waals surface area contributed by atoms with Crippen LogP contribution in [0.5, 0.6) is 5.75 Å². The van der Waals surface area contributed by atoms with Crippen molar-refractivity contribution in [1.82, 2.24) is 14.7 Å². The molecule has 2 atom stereocenters. The third-order valence-corrected chi connectivity index (χ3v) is 6.83. The molecule has 1 fully saturated rings. The van der Waals surface area contributed by atoms with Crippen LogP contribution < -0.4 is 10.5 Å². The summed E-state index contributed by atoms with van der Waals surface area (Å²) < 4.78 is 5.69. The first-order valence-electron chi connectivity index (χ1n) is 11.8. The van der Waals surface area contributed by atoms with Crippen molar-refractivity contribution < 1.29 is 9.53 Å². The summed E-state index contributed by atoms with van der Waals surface area (Å²) in [6.07, 6.45) is 0.516. The molecule has 1 saturated heterocycles. The number of rotatable bonds is 10. The van der Waals surface area contributed by atoms with Crippen LogP contribution in [0.15, 0.2) is 48.5 Å². The quantitative estimate of drug-likeness (QED) is 0.574. The van der Waals surface area contributed by atoms with Gasteiger partial charge < -0.3 is 20.3 Å². The van der Waals surface area contributed by atoms with Gasteiger partial charge in [-0.25, -0.2) is 0 Å². The number of benzene rings is 2. The number of halogens is 1. The summed E-state index contributed by atoms with van der Waals surface area (Å²) in [5, 5.41) is 0.684. The van der Waals surface area contributed by atoms with E-state index in [2.05, 4.69) is 35.8 Å². The van der Waals surface area contributed by atoms with Gasteiger partial charge in [-0.1, -0.05) is 55.8 Å². The van der Waals surface area contributed by atoms with Gasteiger partial charge in [-0.2, -0.15) is 0 Å². The first-order chi connectivity index (χ1) is 16.0. The first-order valence-corrected chi connectivity index (χ1v) is 12.2. The highest BCUT2D eigenvalue weighted by molar-refractivity contribution is 6.30. The number of ether oxygens (including phenoxy) is 1. The molecule has 1 aliphatic rings. The van der Waals surface area contributed by atoms with E-state index in [1.165, 1.54) is 5.56 Å². The van der Waals surface area contributed by atoms with Crippen molar-refractivity contribution in [1.29, 1.82) is 0 Å². The van der Waals surface area contributed by atoms with Gasteiger partial charge >= 0.3 is 0 Å². The van der Waals surface area contributed by atoms with Crippen molar-refractivity contribution in [2.75, 3.05) is 52.9 Å². The van der Waals surface area contributed by atoms with Crippen LogP contribution in [0, 0.1) is 0 Å². The minimum atomic E-state index is -0.543. The number of piperazine rings is 1. The number of hydrogen-bond acceptors (Lipinski definition) is 5. The molecule has 180 valence electrons. The molecule has 0 radical (unpaired) electrons. The van der Waals surface area contributed by atoms with E-state index < -0.39 is 6.04 Å². The SMILES string of the molecule is CCN(CC)CC(c1ccccc1OC)N1CCN(C(=O)[C@H](N)Cc2ccc(Cl)cc2)CC1. The summed E-state index contributed by atoms with van der Waals surface area (Å²) >= 11 is 5.96. The van der Waals surface area contributed by atoms with E-state index in [4.69, 9.17) is 22.1 Å². The monoisotopic (exact) mass is 472 g/mol. The van der Waals surface area contributed by atoms with Gasteiger partial charge in [0.2, 0.25) is 5.91 Å². The molecule has 1 heterocycles. The van der Waals surface area contributed by atoms with Crippen molar-refractivity contribution in [2.24, 2.45) is 5.73 Å². The van der Waals surface area contributed by atoms with Crippen LogP contribution in [0.25, 0.3) is 0 Å². The van der Waals surface area contributed by atoms with Crippen LogP contribution in [-0.4, -0.2) is 79.6 Å². The maximum Gasteiger partial charge on any atom is 0.239 e. The molecule has 1 unspecified atom stereocenters. The molecular formula is C26H37ClN4O2. The van der Waals surface area contributed by atoms with Gasteiger partial charge in [0.1, 0.15) is 5.75 Å². The van der Waals surface area contributed by atoms with Crippen molar-refractivity contribution in [3.05, 3.63) is 64.7 Å². The Balaban J connectivity index is 1.66. The molecule has 1 amide bonds. The lowest BCUT2D eigenvalue weighted by atomic mass is 10.0. The fourth-order valence-corrected chi connectivity index (χ4v) is 4.65. The predicted octanol–water partition coefficient (Wildman–Crippen LogP) is 3.45. The maximum absolute atomic E-state index is 13.0. The van der Waals surface area contributed by atoms with E-state index in [0.717, 1.165) is 44.0 Å². The maximum atomic E-state index is 13.0. The van der Waals surface area contributed by atoms with Crippen LogP contribution in [0.1, 0.15) is 31.0 Å². The van der Waals surface area contributed by atoms with Gasteiger partial charge in [0.25, 0.3) is 0 Å². The van der Waals surface area contributed by atoms with E-state index in [0.29, 0.717) is 24.5 Å². The molecule has 33 heavy (non-hydrogen) atoms. The number of nitrogens with two attached hydrogens (primary N) is 1. The predicted molar refractivity (Wildman–Crippen MR) is 135 cm³/mol. The fraction of sp³-hybridized carbons (Fsp3) is 0.500. The molecule has 2 N–H and O–H groups in total. The molecule has 7 heteroatoms. The Kier molecular flexibility index (Phi) is 9.56. The van der Waals surface area contributed by atoms with E-state index in [9.17, 15) is 4.79 Å². The van der Waals surface area contributed by atoms with E-state index in [1.54, 1.807) is 7.11 Å². The molecule has 0 aliphatic carbocycles. The van der Waals surface area contributed by atoms with Gasteiger partial charge in [-0.3, -0.25) is 9.69 Å². The van der Waals surface area contributed by atoms with Gasteiger partial charge in [0.05, 0.1) is 19.2 Å². The minimum absolute atomic E-state index is 0.0159. The van der Waals surface area contributed by atoms with Crippen molar-refractivity contribution in [3.8, 4) is 5.75 Å². The second-order valence-corrected chi connectivity index (χ2v) is 8.98. The molecular weight excluding hydrogens is 436 g/mol. The van der Waals surface area contributed by atoms with E-state index >= 15 is 0 Å². The first kappa shape index (κ1) is 25.5. The van der Waals surface area contributed by atoms with Gasteiger partial charge in [0, 0.05) is 43.3 Å². The average molecular weight is 473 g/mol. The third-order valence-electron chi connectivity index (χ3n) is 6.58. The summed E-state index contributed by atoms with van der Waals surface area (Å²) in [5.41, 5.74) is 8.51. The molecule has 0 spiro atoms. The molecule has 1 aliphatic heterocycles. The number of likely N-dealkylation sites (N-methyl/N-ethyl adjacent to an activating group) is 1. The summed E-state index contributed by atoms with van der Waals surface area (Å²) in [5.74, 6) is 0.931. The Morgan fingerprint density at radius 1 is 1.06 bits per heavy atom. The lowest BCUT2D eigenvalue weighted by molar-refractivity contribution is -0.134. The summed E-state index contributed by atoms with van der Waals surface area (Å²) in [4.78, 5) is 19.8. The zero-order valence-electron chi connectivity index (χ0n) is 20.0. The smallest absolute Gasteiger partial charge is 0.239 e. The fourth-order valence-electron chi connectivity index (χ4n) is 4.53. The lowest BCUT2D eigenvalue weighted by Gasteiger charge is -2.41. The van der Waals surface area contributed by atoms with E-state index in [1.807, 2.05) is 41.3 Å². The Morgan fingerprint density at radius 2 is 1.70 bits per heavy atom. The van der Waals surface area contributed by atoms with Crippen molar-refractivity contribution in [3.63, 3.8) is 0 Å². The van der Waals surface area contributed by atoms with Gasteiger partial charge in [0.15, 0.2) is 0 Å². The molecule has 3 rings (SSSR count). The lowest BCUT2D eigenvalue weighted by Crippen LogP contribution is -2.55. The molecule has 6 nitrogen and oxygen atoms in total. The number of carbonyl (C=O) groups is 1. The molecule has 0 bridgehead atoms. The second-order valence-electron chi connectivity index (χ2n) is 8.54. The highest BCUT2D eigenvalue weighted by Gasteiger charge is 2.31. The third kappa shape index (κ3) is 6.70. The number of amides is 1. The Bertz CT molecular complexity index is 880. The minimum Gasteiger partial charge on any atom is -0.496 e. The molecule has 0 aromatic heterocycles.